The molecule has 5 heteroatoms. The van der Waals surface area contributed by atoms with Gasteiger partial charge in [-0.05, 0) is 23.3 Å². The van der Waals surface area contributed by atoms with E-state index in [1.807, 2.05) is 18.2 Å². The topological polar surface area (TPSA) is 45.7 Å². The van der Waals surface area contributed by atoms with Gasteiger partial charge in [0.25, 0.3) is 0 Å². The molecule has 1 unspecified atom stereocenters. The Morgan fingerprint density at radius 2 is 1.78 bits per heavy atom. The minimum absolute atomic E-state index is 0.175. The van der Waals surface area contributed by atoms with E-state index in [1.165, 1.54) is 17.7 Å². The van der Waals surface area contributed by atoms with Gasteiger partial charge < -0.3 is 15.4 Å². The molecule has 0 bridgehead atoms. The Labute approximate surface area is 136 Å². The summed E-state index contributed by atoms with van der Waals surface area (Å²) in [6.07, 6.45) is -0.175. The molecule has 0 heterocycles. The van der Waals surface area contributed by atoms with E-state index in [0.717, 1.165) is 5.56 Å². The van der Waals surface area contributed by atoms with E-state index in [4.69, 9.17) is 4.74 Å². The number of nitrogens with one attached hydrogen (secondary N) is 2. The molecule has 2 aromatic rings. The van der Waals surface area contributed by atoms with Crippen LogP contribution in [-0.2, 0) is 11.3 Å². The lowest BCUT2D eigenvalue weighted by molar-refractivity contribution is 0.106. The number of methoxy groups -OCH3 is 1. The van der Waals surface area contributed by atoms with Crippen molar-refractivity contribution in [1.82, 2.24) is 10.6 Å². The van der Waals surface area contributed by atoms with Crippen molar-refractivity contribution in [3.8, 4) is 0 Å². The highest BCUT2D eigenvalue weighted by atomic mass is 19.1. The molecule has 2 aromatic carbocycles. The molecule has 0 aromatic heterocycles. The van der Waals surface area contributed by atoms with Gasteiger partial charge in [0.05, 0.1) is 6.10 Å². The average Bonchev–Trinajstić information content (AvgIpc) is 2.60. The molecule has 0 aliphatic rings. The first-order valence-corrected chi connectivity index (χ1v) is 7.49. The molecule has 0 spiro atoms. The second-order valence-electron chi connectivity index (χ2n) is 5.07. The second-order valence-corrected chi connectivity index (χ2v) is 5.07. The Morgan fingerprint density at radius 3 is 2.39 bits per heavy atom. The first kappa shape index (κ1) is 17.0. The largest absolute Gasteiger partial charge is 0.375 e. The molecule has 2 N–H and O–H groups in total. The fraction of sp³-hybridized carbons (Fsp3) is 0.278. The summed E-state index contributed by atoms with van der Waals surface area (Å²) in [5, 5.41) is 6.47. The first-order chi connectivity index (χ1) is 11.2. The van der Waals surface area contributed by atoms with Gasteiger partial charge in [-0.15, -0.1) is 0 Å². The van der Waals surface area contributed by atoms with Gasteiger partial charge >= 0.3 is 0 Å². The molecule has 122 valence electrons. The van der Waals surface area contributed by atoms with Gasteiger partial charge in [0, 0.05) is 27.2 Å². The highest BCUT2D eigenvalue weighted by molar-refractivity contribution is 5.79. The fourth-order valence-electron chi connectivity index (χ4n) is 2.21. The number of nitrogens with zero attached hydrogens (tertiary/aromatic N) is 1. The van der Waals surface area contributed by atoms with Crippen LogP contribution in [0.1, 0.15) is 17.2 Å². The third kappa shape index (κ3) is 5.38. The van der Waals surface area contributed by atoms with Crippen LogP contribution in [0.2, 0.25) is 0 Å². The van der Waals surface area contributed by atoms with E-state index in [0.29, 0.717) is 19.0 Å². The molecule has 0 radical (unpaired) electrons. The Hall–Kier alpha value is -2.40. The molecule has 0 saturated heterocycles. The fourth-order valence-corrected chi connectivity index (χ4v) is 2.21. The Morgan fingerprint density at radius 1 is 1.09 bits per heavy atom. The zero-order valence-electron chi connectivity index (χ0n) is 13.4. The number of ether oxygens (including phenoxy) is 1. The van der Waals surface area contributed by atoms with E-state index in [-0.39, 0.29) is 11.9 Å². The number of hydrogen-bond donors (Lipinski definition) is 2. The summed E-state index contributed by atoms with van der Waals surface area (Å²) in [6.45, 7) is 1.23. The van der Waals surface area contributed by atoms with Gasteiger partial charge in [-0.1, -0.05) is 42.5 Å². The van der Waals surface area contributed by atoms with Gasteiger partial charge in [0.2, 0.25) is 0 Å². The predicted molar refractivity (Wildman–Crippen MR) is 90.8 cm³/mol. The van der Waals surface area contributed by atoms with Gasteiger partial charge in [-0.25, -0.2) is 4.39 Å². The number of aliphatic imine (C=N–C) groups is 1. The van der Waals surface area contributed by atoms with Crippen molar-refractivity contribution >= 4 is 5.96 Å². The van der Waals surface area contributed by atoms with Crippen molar-refractivity contribution in [2.24, 2.45) is 4.99 Å². The van der Waals surface area contributed by atoms with Crippen molar-refractivity contribution in [3.05, 3.63) is 71.5 Å². The Bertz CT molecular complexity index is 614. The normalized spacial score (nSPS) is 12.7. The number of guanidine groups is 1. The summed E-state index contributed by atoms with van der Waals surface area (Å²) in [5.74, 6) is 0.440. The van der Waals surface area contributed by atoms with Gasteiger partial charge in [-0.3, -0.25) is 4.99 Å². The zero-order chi connectivity index (χ0) is 16.5. The van der Waals surface area contributed by atoms with E-state index in [9.17, 15) is 4.39 Å². The van der Waals surface area contributed by atoms with Crippen molar-refractivity contribution < 1.29 is 9.13 Å². The zero-order valence-corrected chi connectivity index (χ0v) is 13.4. The van der Waals surface area contributed by atoms with E-state index in [2.05, 4.69) is 27.8 Å². The summed E-state index contributed by atoms with van der Waals surface area (Å²) < 4.78 is 18.5. The summed E-state index contributed by atoms with van der Waals surface area (Å²) in [7, 11) is 3.36. The summed E-state index contributed by atoms with van der Waals surface area (Å²) in [5.41, 5.74) is 2.09. The molecule has 0 aliphatic carbocycles. The monoisotopic (exact) mass is 315 g/mol. The van der Waals surface area contributed by atoms with Crippen molar-refractivity contribution in [2.45, 2.75) is 12.6 Å². The molecule has 23 heavy (non-hydrogen) atoms. The molecule has 0 fully saturated rings. The standard InChI is InChI=1S/C18H22FN3O/c1-20-18(21-12-14-6-4-3-5-7-14)22-13-17(23-2)15-8-10-16(19)11-9-15/h3-11,17H,12-13H2,1-2H3,(H2,20,21,22). The highest BCUT2D eigenvalue weighted by Crippen LogP contribution is 2.16. The summed E-state index contributed by atoms with van der Waals surface area (Å²) >= 11 is 0. The maximum Gasteiger partial charge on any atom is 0.191 e. The van der Waals surface area contributed by atoms with Crippen LogP contribution in [0, 0.1) is 5.82 Å². The molecule has 0 saturated carbocycles. The van der Waals surface area contributed by atoms with Crippen LogP contribution in [0.3, 0.4) is 0 Å². The van der Waals surface area contributed by atoms with E-state index in [1.54, 1.807) is 26.3 Å². The quantitative estimate of drug-likeness (QED) is 0.636. The Balaban J connectivity index is 1.87. The lowest BCUT2D eigenvalue weighted by atomic mass is 10.1. The Kier molecular flexibility index (Phi) is 6.56. The minimum Gasteiger partial charge on any atom is -0.375 e. The van der Waals surface area contributed by atoms with Crippen LogP contribution in [0.5, 0.6) is 0 Å². The van der Waals surface area contributed by atoms with Crippen LogP contribution in [0.25, 0.3) is 0 Å². The van der Waals surface area contributed by atoms with E-state index < -0.39 is 0 Å². The molecule has 4 nitrogen and oxygen atoms in total. The van der Waals surface area contributed by atoms with Gasteiger partial charge in [0.15, 0.2) is 5.96 Å². The average molecular weight is 315 g/mol. The third-order valence-electron chi connectivity index (χ3n) is 3.51. The minimum atomic E-state index is -0.253. The predicted octanol–water partition coefficient (Wildman–Crippen LogP) is 2.88. The summed E-state index contributed by atoms with van der Waals surface area (Å²) in [4.78, 5) is 4.20. The third-order valence-corrected chi connectivity index (χ3v) is 3.51. The molecule has 0 amide bonds. The molecule has 1 atom stereocenters. The number of hydrogen-bond acceptors (Lipinski definition) is 2. The lowest BCUT2D eigenvalue weighted by Crippen LogP contribution is -2.39. The maximum absolute atomic E-state index is 13.0. The van der Waals surface area contributed by atoms with Crippen LogP contribution < -0.4 is 10.6 Å². The van der Waals surface area contributed by atoms with Crippen LogP contribution in [0.4, 0.5) is 4.39 Å². The molecule has 0 aliphatic heterocycles. The van der Waals surface area contributed by atoms with Crippen molar-refractivity contribution in [1.29, 1.82) is 0 Å². The molecular formula is C18H22FN3O. The van der Waals surface area contributed by atoms with Gasteiger partial charge in [0.1, 0.15) is 5.82 Å². The number of benzene rings is 2. The molecule has 2 rings (SSSR count). The maximum atomic E-state index is 13.0. The summed E-state index contributed by atoms with van der Waals surface area (Å²) in [6, 6.07) is 16.4. The SMILES string of the molecule is CN=C(NCc1ccccc1)NCC(OC)c1ccc(F)cc1. The van der Waals surface area contributed by atoms with E-state index >= 15 is 0 Å². The smallest absolute Gasteiger partial charge is 0.191 e. The first-order valence-electron chi connectivity index (χ1n) is 7.49. The van der Waals surface area contributed by atoms with Crippen LogP contribution in [0.15, 0.2) is 59.6 Å². The highest BCUT2D eigenvalue weighted by Gasteiger charge is 2.11. The second kappa shape index (κ2) is 8.90. The van der Waals surface area contributed by atoms with Gasteiger partial charge in [-0.2, -0.15) is 0 Å². The number of halogens is 1. The molecular weight excluding hydrogens is 293 g/mol. The van der Waals surface area contributed by atoms with Crippen molar-refractivity contribution in [3.63, 3.8) is 0 Å². The lowest BCUT2D eigenvalue weighted by Gasteiger charge is -2.18. The van der Waals surface area contributed by atoms with Crippen LogP contribution >= 0.6 is 0 Å². The van der Waals surface area contributed by atoms with Crippen molar-refractivity contribution in [2.75, 3.05) is 20.7 Å². The number of rotatable bonds is 6. The van der Waals surface area contributed by atoms with Crippen LogP contribution in [-0.4, -0.2) is 26.7 Å².